The second-order valence-corrected chi connectivity index (χ2v) is 6.70. The molecule has 3 rings (SSSR count). The van der Waals surface area contributed by atoms with Crippen molar-refractivity contribution < 1.29 is 4.79 Å². The highest BCUT2D eigenvalue weighted by molar-refractivity contribution is 7.10. The topological polar surface area (TPSA) is 32.3 Å². The number of halogens is 1. The monoisotopic (exact) mass is 320 g/mol. The van der Waals surface area contributed by atoms with Crippen molar-refractivity contribution in [1.29, 1.82) is 0 Å². The Morgan fingerprint density at radius 3 is 3.10 bits per heavy atom. The lowest BCUT2D eigenvalue weighted by atomic mass is 10.1. The molecule has 1 N–H and O–H groups in total. The van der Waals surface area contributed by atoms with Crippen molar-refractivity contribution in [3.8, 4) is 0 Å². The van der Waals surface area contributed by atoms with Gasteiger partial charge in [0.15, 0.2) is 0 Å². The Morgan fingerprint density at radius 2 is 2.29 bits per heavy atom. The van der Waals surface area contributed by atoms with Crippen LogP contribution in [0, 0.1) is 0 Å². The van der Waals surface area contributed by atoms with Crippen LogP contribution in [0.2, 0.25) is 5.02 Å². The third kappa shape index (κ3) is 3.22. The summed E-state index contributed by atoms with van der Waals surface area (Å²) < 4.78 is 0. The van der Waals surface area contributed by atoms with Crippen LogP contribution in [0.1, 0.15) is 29.0 Å². The van der Waals surface area contributed by atoms with Gasteiger partial charge in [-0.15, -0.1) is 11.3 Å². The third-order valence-electron chi connectivity index (χ3n) is 3.78. The van der Waals surface area contributed by atoms with Gasteiger partial charge in [0, 0.05) is 23.0 Å². The largest absolute Gasteiger partial charge is 0.331 e. The summed E-state index contributed by atoms with van der Waals surface area (Å²) >= 11 is 7.77. The molecule has 0 aliphatic carbocycles. The van der Waals surface area contributed by atoms with Crippen LogP contribution in [-0.4, -0.2) is 17.5 Å². The number of rotatable bonds is 2. The number of carbonyl (C=O) groups is 1. The minimum Gasteiger partial charge on any atom is -0.331 e. The fourth-order valence-corrected chi connectivity index (χ4v) is 3.65. The summed E-state index contributed by atoms with van der Waals surface area (Å²) in [6, 6.07) is 9.64. The van der Waals surface area contributed by atoms with Crippen molar-refractivity contribution in [3.05, 3.63) is 56.7 Å². The van der Waals surface area contributed by atoms with E-state index < -0.39 is 0 Å². The van der Waals surface area contributed by atoms with Crippen LogP contribution in [0.15, 0.2) is 35.7 Å². The Labute approximate surface area is 133 Å². The minimum atomic E-state index is -0.0555. The maximum Gasteiger partial charge on any atom is 0.318 e. The summed E-state index contributed by atoms with van der Waals surface area (Å²) in [5.41, 5.74) is 2.29. The summed E-state index contributed by atoms with van der Waals surface area (Å²) in [5, 5.41) is 5.84. The van der Waals surface area contributed by atoms with E-state index in [9.17, 15) is 4.79 Å². The Bertz CT molecular complexity index is 655. The number of benzene rings is 1. The molecule has 5 heteroatoms. The predicted molar refractivity (Wildman–Crippen MR) is 86.8 cm³/mol. The smallest absolute Gasteiger partial charge is 0.318 e. The number of amides is 2. The average Bonchev–Trinajstić information content (AvgIpc) is 2.94. The zero-order valence-corrected chi connectivity index (χ0v) is 13.4. The van der Waals surface area contributed by atoms with E-state index in [2.05, 4.69) is 16.8 Å². The number of nitrogens with one attached hydrogen (secondary N) is 1. The molecule has 0 bridgehead atoms. The molecule has 2 aromatic rings. The van der Waals surface area contributed by atoms with Gasteiger partial charge in [0.1, 0.15) is 0 Å². The standard InChI is InChI=1S/C16H17ClN2OS/c1-11(12-3-2-4-14(17)9-12)18-16(20)19-7-5-15-13(10-19)6-8-21-15/h2-4,6,8-9,11H,5,7,10H2,1H3,(H,18,20). The summed E-state index contributed by atoms with van der Waals surface area (Å²) in [5.74, 6) is 0. The summed E-state index contributed by atoms with van der Waals surface area (Å²) in [4.78, 5) is 15.7. The quantitative estimate of drug-likeness (QED) is 0.882. The molecular weight excluding hydrogens is 304 g/mol. The van der Waals surface area contributed by atoms with E-state index in [1.165, 1.54) is 10.4 Å². The lowest BCUT2D eigenvalue weighted by molar-refractivity contribution is 0.189. The molecule has 3 nitrogen and oxygen atoms in total. The van der Waals surface area contributed by atoms with Crippen LogP contribution in [-0.2, 0) is 13.0 Å². The maximum absolute atomic E-state index is 12.4. The third-order valence-corrected chi connectivity index (χ3v) is 5.04. The molecule has 1 aromatic carbocycles. The van der Waals surface area contributed by atoms with Crippen LogP contribution in [0.4, 0.5) is 4.79 Å². The van der Waals surface area contributed by atoms with Gasteiger partial charge in [-0.1, -0.05) is 23.7 Å². The van der Waals surface area contributed by atoms with Crippen molar-refractivity contribution in [1.82, 2.24) is 10.2 Å². The molecule has 2 heterocycles. The Morgan fingerprint density at radius 1 is 1.43 bits per heavy atom. The maximum atomic E-state index is 12.4. The number of hydrogen-bond acceptors (Lipinski definition) is 2. The van der Waals surface area contributed by atoms with Gasteiger partial charge in [-0.2, -0.15) is 0 Å². The molecule has 0 fully saturated rings. The molecular formula is C16H17ClN2OS. The first kappa shape index (κ1) is 14.4. The van der Waals surface area contributed by atoms with Gasteiger partial charge in [-0.3, -0.25) is 0 Å². The molecule has 1 aliphatic heterocycles. The van der Waals surface area contributed by atoms with E-state index >= 15 is 0 Å². The first-order valence-corrected chi connectivity index (χ1v) is 8.25. The lowest BCUT2D eigenvalue weighted by Crippen LogP contribution is -2.43. The first-order chi connectivity index (χ1) is 10.1. The first-order valence-electron chi connectivity index (χ1n) is 6.99. The van der Waals surface area contributed by atoms with Gasteiger partial charge in [0.2, 0.25) is 0 Å². The summed E-state index contributed by atoms with van der Waals surface area (Å²) in [6.07, 6.45) is 0.950. The zero-order valence-electron chi connectivity index (χ0n) is 11.8. The van der Waals surface area contributed by atoms with E-state index in [0.717, 1.165) is 18.5 Å². The number of thiophene rings is 1. The highest BCUT2D eigenvalue weighted by atomic mass is 35.5. The number of fused-ring (bicyclic) bond motifs is 1. The van der Waals surface area contributed by atoms with E-state index in [1.54, 1.807) is 11.3 Å². The van der Waals surface area contributed by atoms with E-state index in [4.69, 9.17) is 11.6 Å². The molecule has 1 atom stereocenters. The lowest BCUT2D eigenvalue weighted by Gasteiger charge is -2.28. The molecule has 1 aliphatic rings. The molecule has 0 saturated heterocycles. The Hall–Kier alpha value is -1.52. The van der Waals surface area contributed by atoms with E-state index in [-0.39, 0.29) is 12.1 Å². The van der Waals surface area contributed by atoms with Crippen LogP contribution >= 0.6 is 22.9 Å². The van der Waals surface area contributed by atoms with Gasteiger partial charge in [0.05, 0.1) is 6.04 Å². The van der Waals surface area contributed by atoms with Gasteiger partial charge < -0.3 is 10.2 Å². The van der Waals surface area contributed by atoms with Crippen LogP contribution < -0.4 is 5.32 Å². The van der Waals surface area contributed by atoms with Gasteiger partial charge in [-0.25, -0.2) is 4.79 Å². The fraction of sp³-hybridized carbons (Fsp3) is 0.312. The SMILES string of the molecule is CC(NC(=O)N1CCc2sccc2C1)c1cccc(Cl)c1. The molecule has 0 spiro atoms. The van der Waals surface area contributed by atoms with Crippen molar-refractivity contribution in [2.24, 2.45) is 0 Å². The predicted octanol–water partition coefficient (Wildman–Crippen LogP) is 4.23. The highest BCUT2D eigenvalue weighted by Crippen LogP contribution is 2.24. The van der Waals surface area contributed by atoms with Crippen LogP contribution in [0.3, 0.4) is 0 Å². The number of nitrogens with zero attached hydrogens (tertiary/aromatic N) is 1. The molecule has 2 amide bonds. The second-order valence-electron chi connectivity index (χ2n) is 5.27. The van der Waals surface area contributed by atoms with Crippen LogP contribution in [0.25, 0.3) is 0 Å². The van der Waals surface area contributed by atoms with Gasteiger partial charge >= 0.3 is 6.03 Å². The van der Waals surface area contributed by atoms with E-state index in [0.29, 0.717) is 11.6 Å². The second kappa shape index (κ2) is 6.08. The van der Waals surface area contributed by atoms with Crippen molar-refractivity contribution >= 4 is 29.0 Å². The van der Waals surface area contributed by atoms with Gasteiger partial charge in [0.25, 0.3) is 0 Å². The molecule has 0 radical (unpaired) electrons. The average molecular weight is 321 g/mol. The van der Waals surface area contributed by atoms with Crippen molar-refractivity contribution in [2.75, 3.05) is 6.54 Å². The Balaban J connectivity index is 1.64. The zero-order chi connectivity index (χ0) is 14.8. The van der Waals surface area contributed by atoms with Crippen molar-refractivity contribution in [2.45, 2.75) is 25.9 Å². The normalized spacial score (nSPS) is 15.4. The fourth-order valence-electron chi connectivity index (χ4n) is 2.56. The van der Waals surface area contributed by atoms with E-state index in [1.807, 2.05) is 36.1 Å². The molecule has 110 valence electrons. The molecule has 1 unspecified atom stereocenters. The van der Waals surface area contributed by atoms with Crippen molar-refractivity contribution in [3.63, 3.8) is 0 Å². The summed E-state index contributed by atoms with van der Waals surface area (Å²) in [6.45, 7) is 3.46. The number of carbonyl (C=O) groups excluding carboxylic acids is 1. The van der Waals surface area contributed by atoms with Crippen LogP contribution in [0.5, 0.6) is 0 Å². The van der Waals surface area contributed by atoms with Gasteiger partial charge in [-0.05, 0) is 48.1 Å². The minimum absolute atomic E-state index is 0.0145. The Kier molecular flexibility index (Phi) is 4.17. The summed E-state index contributed by atoms with van der Waals surface area (Å²) in [7, 11) is 0. The molecule has 1 aromatic heterocycles. The number of hydrogen-bond donors (Lipinski definition) is 1. The number of urea groups is 1. The highest BCUT2D eigenvalue weighted by Gasteiger charge is 2.22. The molecule has 21 heavy (non-hydrogen) atoms. The molecule has 0 saturated carbocycles.